The van der Waals surface area contributed by atoms with Gasteiger partial charge in [0.2, 0.25) is 10.0 Å². The van der Waals surface area contributed by atoms with Crippen molar-refractivity contribution >= 4 is 50.2 Å². The molecule has 3 aromatic rings. The fourth-order valence-electron chi connectivity index (χ4n) is 4.16. The molecule has 2 saturated carbocycles. The van der Waals surface area contributed by atoms with Crippen molar-refractivity contribution < 1.29 is 17.9 Å². The van der Waals surface area contributed by atoms with Gasteiger partial charge in [-0.3, -0.25) is 14.5 Å². The largest absolute Gasteiger partial charge is 0.488 e. The number of thiophene rings is 1. The number of aromatic nitrogens is 1. The van der Waals surface area contributed by atoms with Gasteiger partial charge in [-0.1, -0.05) is 11.6 Å². The molecule has 0 unspecified atom stereocenters. The van der Waals surface area contributed by atoms with Gasteiger partial charge in [0.1, 0.15) is 11.4 Å². The van der Waals surface area contributed by atoms with E-state index in [-0.39, 0.29) is 17.7 Å². The molecule has 2 fully saturated rings. The number of halogens is 1. The fraction of sp³-hybridized carbons (Fsp3) is 0.304. The molecule has 1 amide bonds. The molecule has 0 radical (unpaired) electrons. The molecule has 2 N–H and O–H groups in total. The van der Waals surface area contributed by atoms with Crippen LogP contribution in [0.2, 0.25) is 5.02 Å². The predicted octanol–water partition coefficient (Wildman–Crippen LogP) is 5.41. The van der Waals surface area contributed by atoms with Crippen molar-refractivity contribution in [3.05, 3.63) is 57.9 Å². The standard InChI is InChI=1S/C23H22ClN3O4S2/c1-33(29,30)27-17-9-15(24)8-16(10-17)26-22(28)20-7-14(13-32-20)21-19(3-2-6-25-21)31-18-11-23(12-18)4-5-23/h2-3,6-10,13,18,27H,4-5,11-12H2,1H3,(H,26,28). The molecule has 2 aliphatic rings. The molecule has 5 rings (SSSR count). The van der Waals surface area contributed by atoms with Crippen molar-refractivity contribution in [2.24, 2.45) is 5.41 Å². The highest BCUT2D eigenvalue weighted by Gasteiger charge is 2.54. The molecule has 7 nitrogen and oxygen atoms in total. The van der Waals surface area contributed by atoms with Crippen LogP contribution in [0.15, 0.2) is 48.0 Å². The Morgan fingerprint density at radius 3 is 2.70 bits per heavy atom. The number of rotatable bonds is 7. The minimum Gasteiger partial charge on any atom is -0.488 e. The van der Waals surface area contributed by atoms with Crippen molar-refractivity contribution in [3.63, 3.8) is 0 Å². The van der Waals surface area contributed by atoms with Crippen molar-refractivity contribution in [3.8, 4) is 17.0 Å². The van der Waals surface area contributed by atoms with Crippen LogP contribution in [0, 0.1) is 5.41 Å². The third-order valence-corrected chi connectivity index (χ3v) is 7.65. The van der Waals surface area contributed by atoms with E-state index in [4.69, 9.17) is 16.3 Å². The van der Waals surface area contributed by atoms with E-state index >= 15 is 0 Å². The highest BCUT2D eigenvalue weighted by Crippen LogP contribution is 2.61. The van der Waals surface area contributed by atoms with Gasteiger partial charge in [-0.25, -0.2) is 8.42 Å². The van der Waals surface area contributed by atoms with Crippen molar-refractivity contribution in [1.82, 2.24) is 4.98 Å². The van der Waals surface area contributed by atoms with Gasteiger partial charge < -0.3 is 10.1 Å². The van der Waals surface area contributed by atoms with E-state index in [9.17, 15) is 13.2 Å². The normalized spacial score (nSPS) is 16.8. The summed E-state index contributed by atoms with van der Waals surface area (Å²) in [6.07, 6.45) is 7.83. The van der Waals surface area contributed by atoms with Crippen LogP contribution < -0.4 is 14.8 Å². The van der Waals surface area contributed by atoms with Gasteiger partial charge in [0, 0.05) is 27.9 Å². The molecule has 172 valence electrons. The van der Waals surface area contributed by atoms with E-state index in [1.54, 1.807) is 18.3 Å². The van der Waals surface area contributed by atoms with Crippen LogP contribution in [-0.2, 0) is 10.0 Å². The first-order valence-corrected chi connectivity index (χ1v) is 13.6. The Bertz CT molecular complexity index is 1330. The summed E-state index contributed by atoms with van der Waals surface area (Å²) in [5, 5.41) is 4.94. The Balaban J connectivity index is 1.31. The zero-order valence-corrected chi connectivity index (χ0v) is 20.2. The number of nitrogens with one attached hydrogen (secondary N) is 2. The number of carbonyl (C=O) groups is 1. The summed E-state index contributed by atoms with van der Waals surface area (Å²) in [5.74, 6) is 0.404. The monoisotopic (exact) mass is 503 g/mol. The number of pyridine rings is 1. The number of hydrogen-bond acceptors (Lipinski definition) is 6. The summed E-state index contributed by atoms with van der Waals surface area (Å²) in [4.78, 5) is 17.8. The molecule has 0 saturated heterocycles. The molecular formula is C23H22ClN3O4S2. The van der Waals surface area contributed by atoms with Gasteiger partial charge >= 0.3 is 0 Å². The maximum atomic E-state index is 12.8. The lowest BCUT2D eigenvalue weighted by Crippen LogP contribution is -2.35. The lowest BCUT2D eigenvalue weighted by Gasteiger charge is -2.36. The molecule has 2 aromatic heterocycles. The van der Waals surface area contributed by atoms with Crippen LogP contribution in [0.4, 0.5) is 11.4 Å². The number of sulfonamides is 1. The Morgan fingerprint density at radius 2 is 1.97 bits per heavy atom. The van der Waals surface area contributed by atoms with Crippen LogP contribution in [-0.4, -0.2) is 31.7 Å². The SMILES string of the molecule is CS(=O)(=O)Nc1cc(Cl)cc(NC(=O)c2cc(-c3ncccc3OC3CC4(CC4)C3)cs2)c1. The summed E-state index contributed by atoms with van der Waals surface area (Å²) < 4.78 is 31.6. The number of hydrogen-bond donors (Lipinski definition) is 2. The van der Waals surface area contributed by atoms with Gasteiger partial charge in [-0.2, -0.15) is 0 Å². The maximum Gasteiger partial charge on any atom is 0.265 e. The number of amides is 1. The minimum absolute atomic E-state index is 0.231. The molecular weight excluding hydrogens is 482 g/mol. The average molecular weight is 504 g/mol. The fourth-order valence-corrected chi connectivity index (χ4v) is 5.73. The Morgan fingerprint density at radius 1 is 1.21 bits per heavy atom. The second-order valence-corrected chi connectivity index (χ2v) is 11.9. The van der Waals surface area contributed by atoms with Gasteiger partial charge in [0.05, 0.1) is 22.9 Å². The molecule has 1 spiro atoms. The zero-order valence-electron chi connectivity index (χ0n) is 17.8. The molecule has 10 heteroatoms. The van der Waals surface area contributed by atoms with Crippen LogP contribution >= 0.6 is 22.9 Å². The predicted molar refractivity (Wildman–Crippen MR) is 131 cm³/mol. The number of nitrogens with zero attached hydrogens (tertiary/aromatic N) is 1. The molecule has 0 atom stereocenters. The van der Waals surface area contributed by atoms with Crippen LogP contribution in [0.1, 0.15) is 35.4 Å². The first-order chi connectivity index (χ1) is 15.7. The molecule has 0 bridgehead atoms. The van der Waals surface area contributed by atoms with Crippen LogP contribution in [0.25, 0.3) is 11.3 Å². The smallest absolute Gasteiger partial charge is 0.265 e. The molecule has 2 aliphatic carbocycles. The molecule has 0 aliphatic heterocycles. The first kappa shape index (κ1) is 22.2. The van der Waals surface area contributed by atoms with Gasteiger partial charge in [-0.05, 0) is 67.5 Å². The lowest BCUT2D eigenvalue weighted by atomic mass is 9.79. The minimum atomic E-state index is -3.47. The number of ether oxygens (including phenoxy) is 1. The van der Waals surface area contributed by atoms with Gasteiger partial charge in [0.25, 0.3) is 5.91 Å². The second-order valence-electron chi connectivity index (χ2n) is 8.75. The number of carbonyl (C=O) groups excluding carboxylic acids is 1. The van der Waals surface area contributed by atoms with E-state index in [0.717, 1.165) is 30.4 Å². The Hall–Kier alpha value is -2.62. The van der Waals surface area contributed by atoms with Crippen molar-refractivity contribution in [1.29, 1.82) is 0 Å². The molecule has 33 heavy (non-hydrogen) atoms. The summed E-state index contributed by atoms with van der Waals surface area (Å²) >= 11 is 7.38. The zero-order chi connectivity index (χ0) is 23.2. The van der Waals surface area contributed by atoms with E-state index in [1.165, 1.54) is 36.3 Å². The first-order valence-electron chi connectivity index (χ1n) is 10.5. The van der Waals surface area contributed by atoms with Crippen LogP contribution in [0.5, 0.6) is 5.75 Å². The summed E-state index contributed by atoms with van der Waals surface area (Å²) in [6, 6.07) is 10.1. The summed E-state index contributed by atoms with van der Waals surface area (Å²) in [5.41, 5.74) is 2.73. The third kappa shape index (κ3) is 5.15. The van der Waals surface area contributed by atoms with E-state index in [2.05, 4.69) is 15.0 Å². The van der Waals surface area contributed by atoms with Crippen molar-refractivity contribution in [2.45, 2.75) is 31.8 Å². The highest BCUT2D eigenvalue weighted by atomic mass is 35.5. The number of anilines is 2. The second kappa shape index (κ2) is 8.30. The number of benzene rings is 1. The van der Waals surface area contributed by atoms with E-state index < -0.39 is 10.0 Å². The van der Waals surface area contributed by atoms with E-state index in [1.807, 2.05) is 17.5 Å². The summed E-state index contributed by atoms with van der Waals surface area (Å²) in [6.45, 7) is 0. The average Bonchev–Trinajstić information content (AvgIpc) is 3.33. The van der Waals surface area contributed by atoms with E-state index in [0.29, 0.717) is 26.7 Å². The summed E-state index contributed by atoms with van der Waals surface area (Å²) in [7, 11) is -3.47. The van der Waals surface area contributed by atoms with Crippen LogP contribution in [0.3, 0.4) is 0 Å². The quantitative estimate of drug-likeness (QED) is 0.449. The highest BCUT2D eigenvalue weighted by molar-refractivity contribution is 7.92. The molecule has 1 aromatic carbocycles. The molecule has 2 heterocycles. The maximum absolute atomic E-state index is 12.8. The third-order valence-electron chi connectivity index (χ3n) is 5.90. The van der Waals surface area contributed by atoms with Gasteiger partial charge in [-0.15, -0.1) is 11.3 Å². The Labute approximate surface area is 201 Å². The Kier molecular flexibility index (Phi) is 5.58. The van der Waals surface area contributed by atoms with Crippen molar-refractivity contribution in [2.75, 3.05) is 16.3 Å². The lowest BCUT2D eigenvalue weighted by molar-refractivity contribution is 0.0507. The topological polar surface area (TPSA) is 97.4 Å². The van der Waals surface area contributed by atoms with Gasteiger partial charge in [0.15, 0.2) is 0 Å².